The number of aromatic amines is 1. The molecule has 180 valence electrons. The topological polar surface area (TPSA) is 102 Å². The summed E-state index contributed by atoms with van der Waals surface area (Å²) >= 11 is 0. The molecule has 1 N–H and O–H groups in total. The molecule has 0 spiro atoms. The number of aromatic nitrogens is 4. The van der Waals surface area contributed by atoms with Gasteiger partial charge in [-0.05, 0) is 49.3 Å². The minimum Gasteiger partial charge on any atom is -0.494 e. The number of ether oxygens (including phenoxy) is 3. The first-order chi connectivity index (χ1) is 17.3. The minimum absolute atomic E-state index is 0.0544. The SMILES string of the molecule is O=C1OCCC1CCOc1ccc2cccc(OC[C@H]3CCCN3c3ncnc4[nH]cnc34)c2c1. The van der Waals surface area contributed by atoms with Gasteiger partial charge in [-0.25, -0.2) is 15.0 Å². The average Bonchev–Trinajstić information content (AvgIpc) is 3.64. The van der Waals surface area contributed by atoms with Crippen molar-refractivity contribution in [3.63, 3.8) is 0 Å². The second-order valence-corrected chi connectivity index (χ2v) is 9.03. The van der Waals surface area contributed by atoms with E-state index in [0.717, 1.165) is 65.1 Å². The largest absolute Gasteiger partial charge is 0.494 e. The van der Waals surface area contributed by atoms with Gasteiger partial charge in [0.2, 0.25) is 0 Å². The number of carbonyl (C=O) groups is 1. The molecule has 2 saturated heterocycles. The lowest BCUT2D eigenvalue weighted by molar-refractivity contribution is -0.141. The zero-order valence-electron chi connectivity index (χ0n) is 19.4. The Kier molecular flexibility index (Phi) is 5.81. The van der Waals surface area contributed by atoms with Gasteiger partial charge in [0.25, 0.3) is 0 Å². The van der Waals surface area contributed by atoms with E-state index in [9.17, 15) is 4.79 Å². The lowest BCUT2D eigenvalue weighted by Gasteiger charge is -2.26. The monoisotopic (exact) mass is 473 g/mol. The van der Waals surface area contributed by atoms with Crippen LogP contribution in [-0.4, -0.2) is 58.3 Å². The Labute approximate surface area is 202 Å². The summed E-state index contributed by atoms with van der Waals surface area (Å²) in [5.41, 5.74) is 1.53. The third-order valence-corrected chi connectivity index (χ3v) is 6.87. The summed E-state index contributed by atoms with van der Waals surface area (Å²) < 4.78 is 17.4. The predicted molar refractivity (Wildman–Crippen MR) is 131 cm³/mol. The van der Waals surface area contributed by atoms with Crippen molar-refractivity contribution in [2.24, 2.45) is 5.92 Å². The normalized spacial score (nSPS) is 20.0. The van der Waals surface area contributed by atoms with Gasteiger partial charge in [-0.1, -0.05) is 18.2 Å². The first-order valence-corrected chi connectivity index (χ1v) is 12.1. The number of H-pyrrole nitrogens is 1. The van der Waals surface area contributed by atoms with Gasteiger partial charge < -0.3 is 24.1 Å². The summed E-state index contributed by atoms with van der Waals surface area (Å²) in [7, 11) is 0. The second kappa shape index (κ2) is 9.40. The summed E-state index contributed by atoms with van der Waals surface area (Å²) in [4.78, 5) is 30.2. The number of nitrogens with zero attached hydrogens (tertiary/aromatic N) is 4. The van der Waals surface area contributed by atoms with Crippen LogP contribution < -0.4 is 14.4 Å². The zero-order valence-corrected chi connectivity index (χ0v) is 19.4. The highest BCUT2D eigenvalue weighted by Gasteiger charge is 2.29. The van der Waals surface area contributed by atoms with Gasteiger partial charge in [-0.15, -0.1) is 0 Å². The van der Waals surface area contributed by atoms with Crippen molar-refractivity contribution in [2.45, 2.75) is 31.7 Å². The number of cyclic esters (lactones) is 1. The van der Waals surface area contributed by atoms with Crippen LogP contribution in [-0.2, 0) is 9.53 Å². The van der Waals surface area contributed by atoms with E-state index in [0.29, 0.717) is 26.2 Å². The Bertz CT molecular complexity index is 1360. The van der Waals surface area contributed by atoms with Crippen molar-refractivity contribution >= 4 is 33.7 Å². The van der Waals surface area contributed by atoms with E-state index in [-0.39, 0.29) is 17.9 Å². The van der Waals surface area contributed by atoms with Gasteiger partial charge in [-0.3, -0.25) is 4.79 Å². The fraction of sp³-hybridized carbons (Fsp3) is 0.385. The van der Waals surface area contributed by atoms with E-state index in [4.69, 9.17) is 14.2 Å². The van der Waals surface area contributed by atoms with Crippen molar-refractivity contribution in [2.75, 3.05) is 31.3 Å². The maximum Gasteiger partial charge on any atom is 0.309 e. The highest BCUT2D eigenvalue weighted by atomic mass is 16.5. The molecule has 4 aromatic rings. The summed E-state index contributed by atoms with van der Waals surface area (Å²) in [6.45, 7) is 2.45. The van der Waals surface area contributed by atoms with E-state index < -0.39 is 0 Å². The van der Waals surface area contributed by atoms with Crippen molar-refractivity contribution in [1.82, 2.24) is 19.9 Å². The van der Waals surface area contributed by atoms with Crippen LogP contribution in [0.1, 0.15) is 25.7 Å². The fourth-order valence-corrected chi connectivity index (χ4v) is 4.99. The summed E-state index contributed by atoms with van der Waals surface area (Å²) in [5, 5.41) is 2.10. The first-order valence-electron chi connectivity index (χ1n) is 12.1. The third-order valence-electron chi connectivity index (χ3n) is 6.87. The molecule has 2 fully saturated rings. The molecular weight excluding hydrogens is 446 g/mol. The van der Waals surface area contributed by atoms with E-state index in [2.05, 4.69) is 30.9 Å². The number of benzene rings is 2. The number of esters is 1. The summed E-state index contributed by atoms with van der Waals surface area (Å²) in [5.74, 6) is 2.28. The molecule has 2 aliphatic heterocycles. The highest BCUT2D eigenvalue weighted by Crippen LogP contribution is 2.32. The number of fused-ring (bicyclic) bond motifs is 2. The Hall–Kier alpha value is -3.88. The van der Waals surface area contributed by atoms with Gasteiger partial charge >= 0.3 is 5.97 Å². The third kappa shape index (κ3) is 4.34. The van der Waals surface area contributed by atoms with Crippen LogP contribution in [0.5, 0.6) is 11.5 Å². The van der Waals surface area contributed by atoms with Crippen LogP contribution in [0.4, 0.5) is 5.82 Å². The maximum absolute atomic E-state index is 11.7. The number of imidazole rings is 1. The number of hydrogen-bond donors (Lipinski definition) is 1. The molecular formula is C26H27N5O4. The molecule has 2 atom stereocenters. The highest BCUT2D eigenvalue weighted by molar-refractivity contribution is 5.89. The van der Waals surface area contributed by atoms with Crippen LogP contribution in [0.3, 0.4) is 0 Å². The van der Waals surface area contributed by atoms with Crippen molar-refractivity contribution in [1.29, 1.82) is 0 Å². The summed E-state index contributed by atoms with van der Waals surface area (Å²) in [6, 6.07) is 12.3. The van der Waals surface area contributed by atoms with Crippen LogP contribution >= 0.6 is 0 Å². The van der Waals surface area contributed by atoms with Crippen LogP contribution in [0.15, 0.2) is 49.1 Å². The van der Waals surface area contributed by atoms with Gasteiger partial charge in [-0.2, -0.15) is 0 Å². The van der Waals surface area contributed by atoms with Crippen LogP contribution in [0, 0.1) is 5.92 Å². The second-order valence-electron chi connectivity index (χ2n) is 9.03. The van der Waals surface area contributed by atoms with E-state index in [1.807, 2.05) is 30.3 Å². The quantitative estimate of drug-likeness (QED) is 0.385. The standard InChI is InChI=1S/C26H27N5O4/c32-26-18(9-12-34-26)8-11-33-20-7-6-17-3-1-5-22(21(17)13-20)35-14-19-4-2-10-31(19)25-23-24(28-15-27-23)29-16-30-25/h1,3,5-7,13,15-16,18-19H,2,4,8-12,14H2,(H,27,28,29,30)/t18?,19-/m1/s1. The number of anilines is 1. The molecule has 35 heavy (non-hydrogen) atoms. The Morgan fingerprint density at radius 1 is 1.11 bits per heavy atom. The predicted octanol–water partition coefficient (Wildman–Crippen LogP) is 3.89. The zero-order chi connectivity index (χ0) is 23.6. The molecule has 2 aromatic heterocycles. The summed E-state index contributed by atoms with van der Waals surface area (Å²) in [6.07, 6.45) is 6.77. The smallest absolute Gasteiger partial charge is 0.309 e. The van der Waals surface area contributed by atoms with Gasteiger partial charge in [0.15, 0.2) is 11.5 Å². The number of rotatable bonds is 8. The molecule has 0 aliphatic carbocycles. The number of hydrogen-bond acceptors (Lipinski definition) is 8. The molecule has 0 radical (unpaired) electrons. The Balaban J connectivity index is 1.15. The molecule has 9 nitrogen and oxygen atoms in total. The molecule has 6 rings (SSSR count). The molecule has 0 saturated carbocycles. The molecule has 0 amide bonds. The average molecular weight is 474 g/mol. The van der Waals surface area contributed by atoms with E-state index in [1.54, 1.807) is 12.7 Å². The lowest BCUT2D eigenvalue weighted by Crippen LogP contribution is -2.35. The van der Waals surface area contributed by atoms with Crippen molar-refractivity contribution < 1.29 is 19.0 Å². The molecule has 1 unspecified atom stereocenters. The number of nitrogens with one attached hydrogen (secondary N) is 1. The Morgan fingerprint density at radius 2 is 2.09 bits per heavy atom. The van der Waals surface area contributed by atoms with Crippen LogP contribution in [0.2, 0.25) is 0 Å². The molecule has 2 aliphatic rings. The fourth-order valence-electron chi connectivity index (χ4n) is 4.99. The molecule has 2 aromatic carbocycles. The van der Waals surface area contributed by atoms with Gasteiger partial charge in [0.1, 0.15) is 29.9 Å². The minimum atomic E-state index is -0.112. The lowest BCUT2D eigenvalue weighted by atomic mass is 10.1. The number of carbonyl (C=O) groups excluding carboxylic acids is 1. The van der Waals surface area contributed by atoms with Crippen LogP contribution in [0.25, 0.3) is 21.9 Å². The van der Waals surface area contributed by atoms with Crippen molar-refractivity contribution in [3.05, 3.63) is 49.1 Å². The maximum atomic E-state index is 11.7. The van der Waals surface area contributed by atoms with Gasteiger partial charge in [0.05, 0.1) is 31.5 Å². The van der Waals surface area contributed by atoms with Crippen molar-refractivity contribution in [3.8, 4) is 11.5 Å². The molecule has 4 heterocycles. The van der Waals surface area contributed by atoms with E-state index >= 15 is 0 Å². The molecule has 9 heteroatoms. The Morgan fingerprint density at radius 3 is 3.00 bits per heavy atom. The van der Waals surface area contributed by atoms with E-state index in [1.165, 1.54) is 0 Å². The first kappa shape index (κ1) is 21.6. The van der Waals surface area contributed by atoms with Gasteiger partial charge in [0, 0.05) is 11.9 Å². The molecule has 0 bridgehead atoms.